The van der Waals surface area contributed by atoms with Crippen LogP contribution in [0.1, 0.15) is 11.5 Å². The van der Waals surface area contributed by atoms with Crippen molar-refractivity contribution in [2.24, 2.45) is 5.90 Å². The van der Waals surface area contributed by atoms with E-state index in [1.807, 2.05) is 25.1 Å². The Hall–Kier alpha value is -1.39. The van der Waals surface area contributed by atoms with E-state index in [9.17, 15) is 0 Å². The number of aryl methyl sites for hydroxylation is 1. The number of nitrogens with two attached hydrogens (primary N) is 1. The van der Waals surface area contributed by atoms with Crippen LogP contribution in [0.15, 0.2) is 22.6 Å². The van der Waals surface area contributed by atoms with Crippen molar-refractivity contribution in [2.45, 2.75) is 13.5 Å². The molecule has 4 nitrogen and oxygen atoms in total. The molecule has 2 aromatic rings. The fraction of sp³-hybridized carbons (Fsp3) is 0.222. The minimum Gasteiger partial charge on any atom is -0.441 e. The normalized spacial score (nSPS) is 10.9. The first kappa shape index (κ1) is 8.22. The van der Waals surface area contributed by atoms with E-state index >= 15 is 0 Å². The molecule has 1 heterocycles. The van der Waals surface area contributed by atoms with Gasteiger partial charge < -0.3 is 4.42 Å². The van der Waals surface area contributed by atoms with E-state index in [4.69, 9.17) is 10.3 Å². The summed E-state index contributed by atoms with van der Waals surface area (Å²) >= 11 is 0. The summed E-state index contributed by atoms with van der Waals surface area (Å²) in [6.07, 6.45) is 0. The number of nitrogens with zero attached hydrogens (tertiary/aromatic N) is 1. The van der Waals surface area contributed by atoms with E-state index in [-0.39, 0.29) is 0 Å². The zero-order valence-electron chi connectivity index (χ0n) is 7.28. The third-order valence-electron chi connectivity index (χ3n) is 1.81. The van der Waals surface area contributed by atoms with Gasteiger partial charge in [0.15, 0.2) is 11.5 Å². The van der Waals surface area contributed by atoms with Crippen LogP contribution in [0, 0.1) is 6.92 Å². The Kier molecular flexibility index (Phi) is 2.00. The van der Waals surface area contributed by atoms with Crippen LogP contribution in [0.3, 0.4) is 0 Å². The predicted octanol–water partition coefficient (Wildman–Crippen LogP) is 1.53. The summed E-state index contributed by atoms with van der Waals surface area (Å²) in [6.45, 7) is 2.20. The van der Waals surface area contributed by atoms with Crippen molar-refractivity contribution in [2.75, 3.05) is 0 Å². The first-order chi connectivity index (χ1) is 6.29. The van der Waals surface area contributed by atoms with Gasteiger partial charge in [-0.15, -0.1) is 0 Å². The maximum Gasteiger partial charge on any atom is 0.192 e. The topological polar surface area (TPSA) is 61.3 Å². The summed E-state index contributed by atoms with van der Waals surface area (Å²) in [5.41, 5.74) is 2.61. The van der Waals surface area contributed by atoms with Crippen LogP contribution in [0.5, 0.6) is 0 Å². The fourth-order valence-corrected chi connectivity index (χ4v) is 1.27. The Morgan fingerprint density at radius 3 is 3.15 bits per heavy atom. The van der Waals surface area contributed by atoms with Crippen LogP contribution in [0.4, 0.5) is 0 Å². The van der Waals surface area contributed by atoms with E-state index in [0.717, 1.165) is 16.7 Å². The van der Waals surface area contributed by atoms with E-state index < -0.39 is 0 Å². The number of aromatic nitrogens is 1. The molecule has 0 unspecified atom stereocenters. The lowest BCUT2D eigenvalue weighted by Crippen LogP contribution is -1.98. The molecule has 1 aromatic heterocycles. The molecule has 0 fully saturated rings. The Balaban J connectivity index is 2.48. The van der Waals surface area contributed by atoms with Crippen molar-refractivity contribution in [3.05, 3.63) is 29.7 Å². The van der Waals surface area contributed by atoms with Crippen molar-refractivity contribution in [1.82, 2.24) is 4.98 Å². The van der Waals surface area contributed by atoms with Gasteiger partial charge in [-0.05, 0) is 17.7 Å². The maximum atomic E-state index is 5.35. The van der Waals surface area contributed by atoms with Crippen molar-refractivity contribution in [1.29, 1.82) is 0 Å². The molecule has 2 rings (SSSR count). The summed E-state index contributed by atoms with van der Waals surface area (Å²) in [5.74, 6) is 5.63. The third kappa shape index (κ3) is 1.54. The molecular formula is C9H10N2O2. The summed E-state index contributed by atoms with van der Waals surface area (Å²) < 4.78 is 5.35. The third-order valence-corrected chi connectivity index (χ3v) is 1.81. The molecule has 13 heavy (non-hydrogen) atoms. The Labute approximate surface area is 75.3 Å². The Morgan fingerprint density at radius 1 is 1.54 bits per heavy atom. The average molecular weight is 178 g/mol. The van der Waals surface area contributed by atoms with Crippen LogP contribution in [-0.2, 0) is 11.4 Å². The van der Waals surface area contributed by atoms with Crippen molar-refractivity contribution < 1.29 is 9.25 Å². The minimum atomic E-state index is 0.385. The zero-order chi connectivity index (χ0) is 9.26. The summed E-state index contributed by atoms with van der Waals surface area (Å²) in [6, 6.07) is 5.68. The highest BCUT2D eigenvalue weighted by atomic mass is 16.6. The van der Waals surface area contributed by atoms with Gasteiger partial charge in [-0.25, -0.2) is 10.9 Å². The quantitative estimate of drug-likeness (QED) is 0.708. The van der Waals surface area contributed by atoms with Gasteiger partial charge in [0.05, 0.1) is 6.61 Å². The van der Waals surface area contributed by atoms with Gasteiger partial charge in [-0.2, -0.15) is 0 Å². The average Bonchev–Trinajstić information content (AvgIpc) is 2.44. The number of hydrogen-bond acceptors (Lipinski definition) is 4. The molecule has 0 bridgehead atoms. The second kappa shape index (κ2) is 3.16. The molecule has 0 saturated carbocycles. The molecule has 0 aliphatic carbocycles. The molecule has 1 aromatic carbocycles. The molecule has 0 saturated heterocycles. The summed E-state index contributed by atoms with van der Waals surface area (Å²) in [7, 11) is 0. The maximum absolute atomic E-state index is 5.35. The molecule has 0 spiro atoms. The van der Waals surface area contributed by atoms with Crippen molar-refractivity contribution in [3.8, 4) is 0 Å². The van der Waals surface area contributed by atoms with E-state index in [1.54, 1.807) is 0 Å². The summed E-state index contributed by atoms with van der Waals surface area (Å²) in [5, 5.41) is 0. The van der Waals surface area contributed by atoms with Crippen LogP contribution in [0.2, 0.25) is 0 Å². The highest BCUT2D eigenvalue weighted by molar-refractivity contribution is 5.73. The van der Waals surface area contributed by atoms with Crippen molar-refractivity contribution >= 4 is 11.1 Å². The van der Waals surface area contributed by atoms with Gasteiger partial charge in [0.25, 0.3) is 0 Å². The van der Waals surface area contributed by atoms with Gasteiger partial charge in [0.1, 0.15) is 5.52 Å². The van der Waals surface area contributed by atoms with E-state index in [0.29, 0.717) is 12.5 Å². The fourth-order valence-electron chi connectivity index (χ4n) is 1.27. The van der Waals surface area contributed by atoms with E-state index in [1.165, 1.54) is 0 Å². The number of rotatable bonds is 2. The monoisotopic (exact) mass is 178 g/mol. The highest BCUT2D eigenvalue weighted by Gasteiger charge is 2.02. The van der Waals surface area contributed by atoms with Crippen LogP contribution < -0.4 is 5.90 Å². The number of oxazole rings is 1. The van der Waals surface area contributed by atoms with Gasteiger partial charge in [0.2, 0.25) is 0 Å². The predicted molar refractivity (Wildman–Crippen MR) is 47.7 cm³/mol. The zero-order valence-corrected chi connectivity index (χ0v) is 7.28. The molecule has 0 aliphatic rings. The van der Waals surface area contributed by atoms with Crippen LogP contribution >= 0.6 is 0 Å². The number of hydrogen-bond donors (Lipinski definition) is 1. The molecule has 0 aliphatic heterocycles. The Morgan fingerprint density at radius 2 is 2.38 bits per heavy atom. The standard InChI is InChI=1S/C9H10N2O2/c1-6-11-8-3-2-7(5-12-10)4-9(8)13-6/h2-4H,5,10H2,1H3. The molecule has 0 amide bonds. The Bertz CT molecular complexity index is 422. The van der Waals surface area contributed by atoms with Gasteiger partial charge in [0, 0.05) is 6.92 Å². The molecular weight excluding hydrogens is 168 g/mol. The van der Waals surface area contributed by atoms with Crippen LogP contribution in [0.25, 0.3) is 11.1 Å². The lowest BCUT2D eigenvalue weighted by atomic mass is 10.2. The van der Waals surface area contributed by atoms with Gasteiger partial charge >= 0.3 is 0 Å². The van der Waals surface area contributed by atoms with Crippen molar-refractivity contribution in [3.63, 3.8) is 0 Å². The lowest BCUT2D eigenvalue weighted by molar-refractivity contribution is 0.124. The molecule has 68 valence electrons. The number of benzene rings is 1. The first-order valence-corrected chi connectivity index (χ1v) is 3.97. The second-order valence-electron chi connectivity index (χ2n) is 2.85. The van der Waals surface area contributed by atoms with E-state index in [2.05, 4.69) is 9.82 Å². The minimum absolute atomic E-state index is 0.385. The van der Waals surface area contributed by atoms with Gasteiger partial charge in [-0.1, -0.05) is 6.07 Å². The number of fused-ring (bicyclic) bond motifs is 1. The van der Waals surface area contributed by atoms with Crippen LogP contribution in [-0.4, -0.2) is 4.98 Å². The molecule has 0 radical (unpaired) electrons. The first-order valence-electron chi connectivity index (χ1n) is 3.97. The molecule has 2 N–H and O–H groups in total. The lowest BCUT2D eigenvalue weighted by Gasteiger charge is -1.96. The SMILES string of the molecule is Cc1nc2ccc(CON)cc2o1. The summed E-state index contributed by atoms with van der Waals surface area (Å²) in [4.78, 5) is 8.70. The second-order valence-corrected chi connectivity index (χ2v) is 2.85. The van der Waals surface area contributed by atoms with Gasteiger partial charge in [-0.3, -0.25) is 4.84 Å². The smallest absolute Gasteiger partial charge is 0.192 e. The highest BCUT2D eigenvalue weighted by Crippen LogP contribution is 2.16. The molecule has 0 atom stereocenters. The molecule has 4 heteroatoms. The largest absolute Gasteiger partial charge is 0.441 e.